The molecule has 21 heavy (non-hydrogen) atoms. The van der Waals surface area contributed by atoms with Crippen LogP contribution in [0.3, 0.4) is 0 Å². The number of benzene rings is 1. The SMILES string of the molecule is COc1cc(NC(=S)Nc2cccnc2Cl)cc(OC)c1. The molecule has 2 aromatic rings. The normalized spacial score (nSPS) is 9.86. The molecule has 7 heteroatoms. The highest BCUT2D eigenvalue weighted by molar-refractivity contribution is 7.80. The van der Waals surface area contributed by atoms with E-state index >= 15 is 0 Å². The first-order chi connectivity index (χ1) is 10.1. The molecular weight excluding hydrogens is 310 g/mol. The molecule has 0 atom stereocenters. The van der Waals surface area contributed by atoms with Crippen molar-refractivity contribution in [1.82, 2.24) is 4.98 Å². The molecule has 110 valence electrons. The van der Waals surface area contributed by atoms with Crippen molar-refractivity contribution in [2.45, 2.75) is 0 Å². The molecule has 0 amide bonds. The Kier molecular flexibility index (Phi) is 5.19. The number of ether oxygens (including phenoxy) is 2. The Balaban J connectivity index is 2.11. The molecule has 0 saturated heterocycles. The third kappa shape index (κ3) is 4.21. The van der Waals surface area contributed by atoms with E-state index in [1.54, 1.807) is 50.7 Å². The molecule has 0 spiro atoms. The van der Waals surface area contributed by atoms with Crippen LogP contribution in [0.5, 0.6) is 11.5 Å². The second kappa shape index (κ2) is 7.10. The minimum absolute atomic E-state index is 0.352. The highest BCUT2D eigenvalue weighted by atomic mass is 35.5. The van der Waals surface area contributed by atoms with Gasteiger partial charge in [-0.1, -0.05) is 11.6 Å². The molecule has 0 aliphatic carbocycles. The predicted molar refractivity (Wildman–Crippen MR) is 88.6 cm³/mol. The number of anilines is 2. The van der Waals surface area contributed by atoms with Crippen LogP contribution in [0.2, 0.25) is 5.15 Å². The van der Waals surface area contributed by atoms with Crippen molar-refractivity contribution < 1.29 is 9.47 Å². The van der Waals surface area contributed by atoms with Gasteiger partial charge in [-0.25, -0.2) is 4.98 Å². The summed E-state index contributed by atoms with van der Waals surface area (Å²) in [6.45, 7) is 0. The van der Waals surface area contributed by atoms with E-state index in [9.17, 15) is 0 Å². The molecule has 0 aliphatic rings. The van der Waals surface area contributed by atoms with Crippen LogP contribution in [0.1, 0.15) is 0 Å². The number of pyridine rings is 1. The number of hydrogen-bond donors (Lipinski definition) is 2. The van der Waals surface area contributed by atoms with Crippen LogP contribution in [0.15, 0.2) is 36.5 Å². The van der Waals surface area contributed by atoms with Crippen molar-refractivity contribution in [2.75, 3.05) is 24.9 Å². The molecule has 0 saturated carbocycles. The van der Waals surface area contributed by atoms with Crippen LogP contribution in [0.4, 0.5) is 11.4 Å². The van der Waals surface area contributed by atoms with Crippen molar-refractivity contribution in [1.29, 1.82) is 0 Å². The predicted octanol–water partition coefficient (Wildman–Crippen LogP) is 3.56. The van der Waals surface area contributed by atoms with Gasteiger partial charge in [-0.3, -0.25) is 0 Å². The van der Waals surface area contributed by atoms with Crippen molar-refractivity contribution >= 4 is 40.3 Å². The van der Waals surface area contributed by atoms with E-state index in [4.69, 9.17) is 33.3 Å². The summed E-state index contributed by atoms with van der Waals surface area (Å²) in [5.74, 6) is 1.33. The van der Waals surface area contributed by atoms with Gasteiger partial charge in [-0.2, -0.15) is 0 Å². The Bertz CT molecular complexity index is 630. The summed E-state index contributed by atoms with van der Waals surface area (Å²) in [6, 6.07) is 8.95. The Morgan fingerprint density at radius 1 is 1.14 bits per heavy atom. The third-order valence-corrected chi connectivity index (χ3v) is 3.12. The molecule has 0 aliphatic heterocycles. The Morgan fingerprint density at radius 2 is 1.81 bits per heavy atom. The standard InChI is InChI=1S/C14H14ClN3O2S/c1-19-10-6-9(7-11(8-10)20-2)17-14(21)18-12-4-3-5-16-13(12)15/h3-8H,1-2H3,(H2,17,18,21). The van der Waals surface area contributed by atoms with Crippen LogP contribution >= 0.6 is 23.8 Å². The minimum atomic E-state index is 0.352. The van der Waals surface area contributed by atoms with Gasteiger partial charge in [-0.05, 0) is 24.4 Å². The number of rotatable bonds is 4. The van der Waals surface area contributed by atoms with Crippen molar-refractivity contribution in [3.63, 3.8) is 0 Å². The van der Waals surface area contributed by atoms with Crippen LogP contribution in [-0.2, 0) is 0 Å². The van der Waals surface area contributed by atoms with Gasteiger partial charge in [0.15, 0.2) is 10.3 Å². The first-order valence-electron chi connectivity index (χ1n) is 6.04. The number of nitrogens with zero attached hydrogens (tertiary/aromatic N) is 1. The van der Waals surface area contributed by atoms with E-state index in [-0.39, 0.29) is 0 Å². The lowest BCUT2D eigenvalue weighted by molar-refractivity contribution is 0.395. The fourth-order valence-electron chi connectivity index (χ4n) is 1.64. The van der Waals surface area contributed by atoms with Crippen molar-refractivity contribution in [2.24, 2.45) is 0 Å². The largest absolute Gasteiger partial charge is 0.497 e. The Labute approximate surface area is 133 Å². The van der Waals surface area contributed by atoms with Gasteiger partial charge in [0, 0.05) is 30.1 Å². The summed E-state index contributed by atoms with van der Waals surface area (Å²) >= 11 is 11.2. The molecule has 1 aromatic carbocycles. The summed E-state index contributed by atoms with van der Waals surface area (Å²) in [5.41, 5.74) is 1.37. The maximum atomic E-state index is 5.97. The Hall–Kier alpha value is -2.05. The van der Waals surface area contributed by atoms with Gasteiger partial charge >= 0.3 is 0 Å². The Morgan fingerprint density at radius 3 is 2.38 bits per heavy atom. The molecule has 5 nitrogen and oxygen atoms in total. The van der Waals surface area contributed by atoms with Crippen LogP contribution in [0, 0.1) is 0 Å². The lowest BCUT2D eigenvalue weighted by Crippen LogP contribution is -2.19. The van der Waals surface area contributed by atoms with Gasteiger partial charge in [0.1, 0.15) is 11.5 Å². The van der Waals surface area contributed by atoms with E-state index in [1.807, 2.05) is 0 Å². The number of methoxy groups -OCH3 is 2. The molecule has 0 radical (unpaired) electrons. The molecule has 0 unspecified atom stereocenters. The fourth-order valence-corrected chi connectivity index (χ4v) is 2.04. The van der Waals surface area contributed by atoms with Gasteiger partial charge in [0.2, 0.25) is 0 Å². The molecule has 2 N–H and O–H groups in total. The van der Waals surface area contributed by atoms with E-state index in [0.29, 0.717) is 27.5 Å². The summed E-state index contributed by atoms with van der Waals surface area (Å²) in [6.07, 6.45) is 1.61. The third-order valence-electron chi connectivity index (χ3n) is 2.62. The number of nitrogens with one attached hydrogen (secondary N) is 2. The molecule has 1 aromatic heterocycles. The maximum Gasteiger partial charge on any atom is 0.175 e. The van der Waals surface area contributed by atoms with Crippen LogP contribution in [0.25, 0.3) is 0 Å². The van der Waals surface area contributed by atoms with Crippen molar-refractivity contribution in [3.8, 4) is 11.5 Å². The zero-order valence-corrected chi connectivity index (χ0v) is 13.1. The zero-order chi connectivity index (χ0) is 15.2. The number of aromatic nitrogens is 1. The van der Waals surface area contributed by atoms with Gasteiger partial charge in [0.25, 0.3) is 0 Å². The molecular formula is C14H14ClN3O2S. The topological polar surface area (TPSA) is 55.4 Å². The highest BCUT2D eigenvalue weighted by Gasteiger charge is 2.06. The first kappa shape index (κ1) is 15.3. The van der Waals surface area contributed by atoms with Gasteiger partial charge in [0.05, 0.1) is 19.9 Å². The van der Waals surface area contributed by atoms with Gasteiger partial charge in [-0.15, -0.1) is 0 Å². The second-order valence-corrected chi connectivity index (χ2v) is 4.79. The summed E-state index contributed by atoms with van der Waals surface area (Å²) < 4.78 is 10.4. The maximum absolute atomic E-state index is 5.97. The van der Waals surface area contributed by atoms with E-state index in [1.165, 1.54) is 0 Å². The summed E-state index contributed by atoms with van der Waals surface area (Å²) in [4.78, 5) is 3.97. The average molecular weight is 324 g/mol. The van der Waals surface area contributed by atoms with Crippen LogP contribution < -0.4 is 20.1 Å². The van der Waals surface area contributed by atoms with E-state index in [2.05, 4.69) is 15.6 Å². The minimum Gasteiger partial charge on any atom is -0.497 e. The molecule has 2 rings (SSSR count). The molecule has 0 bridgehead atoms. The van der Waals surface area contributed by atoms with Crippen molar-refractivity contribution in [3.05, 3.63) is 41.7 Å². The lowest BCUT2D eigenvalue weighted by atomic mass is 10.3. The summed E-state index contributed by atoms with van der Waals surface area (Å²) in [7, 11) is 3.18. The average Bonchev–Trinajstić information content (AvgIpc) is 2.49. The molecule has 0 fully saturated rings. The van der Waals surface area contributed by atoms with E-state index < -0.39 is 0 Å². The number of thiocarbonyl (C=S) groups is 1. The monoisotopic (exact) mass is 323 g/mol. The zero-order valence-electron chi connectivity index (χ0n) is 11.5. The summed E-state index contributed by atoms with van der Waals surface area (Å²) in [5, 5.41) is 6.76. The number of halogens is 1. The quantitative estimate of drug-likeness (QED) is 0.663. The smallest absolute Gasteiger partial charge is 0.175 e. The first-order valence-corrected chi connectivity index (χ1v) is 6.82. The fraction of sp³-hybridized carbons (Fsp3) is 0.143. The second-order valence-electron chi connectivity index (χ2n) is 4.02. The lowest BCUT2D eigenvalue weighted by Gasteiger charge is -2.13. The highest BCUT2D eigenvalue weighted by Crippen LogP contribution is 2.26. The number of hydrogen-bond acceptors (Lipinski definition) is 4. The molecule has 1 heterocycles. The van der Waals surface area contributed by atoms with Gasteiger partial charge < -0.3 is 20.1 Å². The van der Waals surface area contributed by atoms with Crippen LogP contribution in [-0.4, -0.2) is 24.3 Å². The van der Waals surface area contributed by atoms with E-state index in [0.717, 1.165) is 5.69 Å².